The van der Waals surface area contributed by atoms with Crippen LogP contribution in [0.3, 0.4) is 0 Å². The van der Waals surface area contributed by atoms with Crippen LogP contribution in [0.2, 0.25) is 0 Å². The van der Waals surface area contributed by atoms with E-state index in [-0.39, 0.29) is 24.8 Å². The van der Waals surface area contributed by atoms with Crippen molar-refractivity contribution in [1.29, 1.82) is 0 Å². The molecule has 21 heavy (non-hydrogen) atoms. The fourth-order valence-corrected chi connectivity index (χ4v) is 2.94. The molecule has 3 heterocycles. The monoisotopic (exact) mass is 319 g/mol. The van der Waals surface area contributed by atoms with E-state index >= 15 is 0 Å². The third-order valence-electron chi connectivity index (χ3n) is 3.56. The molecule has 118 valence electrons. The zero-order valence-corrected chi connectivity index (χ0v) is 12.0. The molecule has 0 aromatic heterocycles. The summed E-state index contributed by atoms with van der Waals surface area (Å²) in [4.78, 5) is 31.2. The number of ether oxygens (including phenoxy) is 1. The number of nitrogens with one attached hydrogen (secondary N) is 3. The highest BCUT2D eigenvalue weighted by Gasteiger charge is 2.39. The molecular weight excluding hydrogens is 301 g/mol. The molecule has 1 saturated heterocycles. The summed E-state index contributed by atoms with van der Waals surface area (Å²) in [6, 6.07) is 0. The first-order valence-corrected chi connectivity index (χ1v) is 7.75. The van der Waals surface area contributed by atoms with Gasteiger partial charge in [0.1, 0.15) is 17.7 Å². The Balaban J connectivity index is 1.62. The van der Waals surface area contributed by atoms with Gasteiger partial charge in [-0.1, -0.05) is 0 Å². The number of nitrogens with zero attached hydrogens (tertiary/aromatic N) is 1. The van der Waals surface area contributed by atoms with E-state index in [1.54, 1.807) is 0 Å². The summed E-state index contributed by atoms with van der Waals surface area (Å²) in [5, 5.41) is 8.58. The van der Waals surface area contributed by atoms with Crippen LogP contribution in [0, 0.1) is 0 Å². The van der Waals surface area contributed by atoms with Gasteiger partial charge >= 0.3 is 8.60 Å². The minimum Gasteiger partial charge on any atom is -0.360 e. The number of carbonyl (C=O) groups excluding carboxylic acids is 1. The Bertz CT molecular complexity index is 461. The minimum absolute atomic E-state index is 0.135. The van der Waals surface area contributed by atoms with E-state index in [0.29, 0.717) is 18.2 Å². The second-order valence-corrected chi connectivity index (χ2v) is 5.73. The Morgan fingerprint density at radius 1 is 1.43 bits per heavy atom. The molecule has 11 heteroatoms. The second-order valence-electron chi connectivity index (χ2n) is 4.96. The Kier molecular flexibility index (Phi) is 4.16. The van der Waals surface area contributed by atoms with Crippen LogP contribution in [0.5, 0.6) is 0 Å². The molecule has 1 amide bonds. The molecule has 3 aliphatic rings. The van der Waals surface area contributed by atoms with Crippen LogP contribution in [0.1, 0.15) is 12.8 Å². The van der Waals surface area contributed by atoms with E-state index in [1.165, 1.54) is 0 Å². The van der Waals surface area contributed by atoms with Crippen LogP contribution in [0.4, 0.5) is 0 Å². The normalized spacial score (nSPS) is 32.1. The first-order valence-electron chi connectivity index (χ1n) is 6.58. The van der Waals surface area contributed by atoms with Crippen molar-refractivity contribution in [1.82, 2.24) is 20.9 Å². The SMILES string of the molecule is NC1NC(=O)C2=C(N1)N([C@H]1CC[C@@H](COP(O)O)O1)CN2. The fourth-order valence-electron chi connectivity index (χ4n) is 2.64. The van der Waals surface area contributed by atoms with Gasteiger partial charge in [0.05, 0.1) is 19.4 Å². The van der Waals surface area contributed by atoms with E-state index < -0.39 is 14.9 Å². The lowest BCUT2D eigenvalue weighted by Gasteiger charge is -2.31. The van der Waals surface area contributed by atoms with E-state index in [2.05, 4.69) is 16.0 Å². The summed E-state index contributed by atoms with van der Waals surface area (Å²) in [5.41, 5.74) is 6.16. The average molecular weight is 319 g/mol. The first-order chi connectivity index (χ1) is 10.0. The van der Waals surface area contributed by atoms with Gasteiger partial charge < -0.3 is 39.9 Å². The maximum atomic E-state index is 11.8. The number of carbonyl (C=O) groups is 1. The first kappa shape index (κ1) is 14.8. The Labute approximate surface area is 122 Å². The van der Waals surface area contributed by atoms with Gasteiger partial charge in [-0.05, 0) is 12.8 Å². The van der Waals surface area contributed by atoms with Gasteiger partial charge in [0, 0.05) is 0 Å². The highest BCUT2D eigenvalue weighted by Crippen LogP contribution is 2.31. The van der Waals surface area contributed by atoms with Gasteiger partial charge in [0.15, 0.2) is 6.29 Å². The average Bonchev–Trinajstić information content (AvgIpc) is 3.02. The zero-order valence-electron chi connectivity index (χ0n) is 11.2. The molecule has 0 spiro atoms. The van der Waals surface area contributed by atoms with Crippen molar-refractivity contribution in [3.63, 3.8) is 0 Å². The summed E-state index contributed by atoms with van der Waals surface area (Å²) in [6.07, 6.45) is 0.444. The molecular formula is C10H18N5O5P. The summed E-state index contributed by atoms with van der Waals surface area (Å²) < 4.78 is 10.6. The molecule has 0 bridgehead atoms. The van der Waals surface area contributed by atoms with Crippen LogP contribution < -0.4 is 21.7 Å². The quantitative estimate of drug-likeness (QED) is 0.316. The highest BCUT2D eigenvalue weighted by atomic mass is 31.2. The predicted octanol–water partition coefficient (Wildman–Crippen LogP) is -2.29. The molecule has 0 aliphatic carbocycles. The van der Waals surface area contributed by atoms with Crippen LogP contribution >= 0.6 is 8.60 Å². The lowest BCUT2D eigenvalue weighted by molar-refractivity contribution is -0.119. The number of nitrogens with two attached hydrogens (primary N) is 1. The number of hydrogen-bond acceptors (Lipinski definition) is 9. The van der Waals surface area contributed by atoms with Crippen molar-refractivity contribution < 1.29 is 23.8 Å². The molecule has 1 unspecified atom stereocenters. The van der Waals surface area contributed by atoms with Crippen molar-refractivity contribution >= 4 is 14.5 Å². The van der Waals surface area contributed by atoms with Crippen LogP contribution in [0.25, 0.3) is 0 Å². The molecule has 3 aliphatic heterocycles. The summed E-state index contributed by atoms with van der Waals surface area (Å²) in [5.74, 6) is 0.382. The van der Waals surface area contributed by atoms with Gasteiger partial charge in [-0.3, -0.25) is 10.5 Å². The van der Waals surface area contributed by atoms with Crippen molar-refractivity contribution in [2.24, 2.45) is 5.73 Å². The van der Waals surface area contributed by atoms with Crippen molar-refractivity contribution in [2.75, 3.05) is 13.3 Å². The zero-order chi connectivity index (χ0) is 15.0. The number of hydrogen-bond donors (Lipinski definition) is 6. The predicted molar refractivity (Wildman–Crippen MR) is 71.3 cm³/mol. The van der Waals surface area contributed by atoms with Crippen molar-refractivity contribution in [3.8, 4) is 0 Å². The maximum absolute atomic E-state index is 11.8. The standard InChI is InChI=1S/C10H18N5O5P/c11-10-13-8-7(9(16)14-10)12-4-15(8)6-2-1-5(20-6)3-19-21(17)18/h5-6,10,12-13,17-18H,1-4,11H2,(H,14,16)/t5-,6+,10?/m0/s1. The number of rotatable bonds is 4. The van der Waals surface area contributed by atoms with E-state index in [1.807, 2.05) is 4.90 Å². The lowest BCUT2D eigenvalue weighted by Crippen LogP contribution is -2.57. The largest absolute Gasteiger partial charge is 0.360 e. The van der Waals surface area contributed by atoms with E-state index in [0.717, 1.165) is 12.8 Å². The van der Waals surface area contributed by atoms with Gasteiger partial charge in [-0.15, -0.1) is 0 Å². The van der Waals surface area contributed by atoms with E-state index in [9.17, 15) is 4.79 Å². The lowest BCUT2D eigenvalue weighted by atomic mass is 10.2. The third kappa shape index (κ3) is 3.05. The van der Waals surface area contributed by atoms with Crippen LogP contribution in [-0.4, -0.2) is 52.5 Å². The molecule has 10 nitrogen and oxygen atoms in total. The second kappa shape index (κ2) is 5.91. The molecule has 1 fully saturated rings. The Morgan fingerprint density at radius 2 is 2.24 bits per heavy atom. The molecule has 7 N–H and O–H groups in total. The highest BCUT2D eigenvalue weighted by molar-refractivity contribution is 7.39. The molecule has 0 saturated carbocycles. The molecule has 3 atom stereocenters. The van der Waals surface area contributed by atoms with Crippen molar-refractivity contribution in [2.45, 2.75) is 31.5 Å². The smallest absolute Gasteiger partial charge is 0.327 e. The van der Waals surface area contributed by atoms with Crippen LogP contribution in [-0.2, 0) is 14.1 Å². The minimum atomic E-state index is -2.36. The Hall–Kier alpha value is -1.16. The summed E-state index contributed by atoms with van der Waals surface area (Å²) >= 11 is 0. The molecule has 0 aromatic rings. The van der Waals surface area contributed by atoms with Crippen LogP contribution in [0.15, 0.2) is 11.5 Å². The van der Waals surface area contributed by atoms with Gasteiger partial charge in [0.25, 0.3) is 5.91 Å². The van der Waals surface area contributed by atoms with Gasteiger partial charge in [0.2, 0.25) is 0 Å². The Morgan fingerprint density at radius 3 is 3.00 bits per heavy atom. The molecule has 0 aromatic carbocycles. The van der Waals surface area contributed by atoms with Gasteiger partial charge in [-0.2, -0.15) is 0 Å². The summed E-state index contributed by atoms with van der Waals surface area (Å²) in [6.45, 7) is 0.582. The molecule has 0 radical (unpaired) electrons. The van der Waals surface area contributed by atoms with Crippen molar-refractivity contribution in [3.05, 3.63) is 11.5 Å². The van der Waals surface area contributed by atoms with E-state index in [4.69, 9.17) is 24.8 Å². The maximum Gasteiger partial charge on any atom is 0.327 e. The number of amides is 1. The molecule has 3 rings (SSSR count). The summed E-state index contributed by atoms with van der Waals surface area (Å²) in [7, 11) is -2.36. The van der Waals surface area contributed by atoms with Gasteiger partial charge in [-0.25, -0.2) is 0 Å². The topological polar surface area (TPSA) is 141 Å². The fraction of sp³-hybridized carbons (Fsp3) is 0.700. The third-order valence-corrected chi connectivity index (χ3v) is 3.94.